The second kappa shape index (κ2) is 10.7. The van der Waals surface area contributed by atoms with Gasteiger partial charge in [-0.15, -0.1) is 0 Å². The Kier molecular flexibility index (Phi) is 7.53. The Balaban J connectivity index is 1.55. The molecule has 0 atom stereocenters. The smallest absolute Gasteiger partial charge is 0.255 e. The topological polar surface area (TPSA) is 70.7 Å². The van der Waals surface area contributed by atoms with E-state index < -0.39 is 0 Å². The van der Waals surface area contributed by atoms with Crippen molar-refractivity contribution in [2.45, 2.75) is 57.9 Å². The first-order valence-electron chi connectivity index (χ1n) is 12.2. The number of amides is 2. The molecular formula is C27H35N3O3. The highest BCUT2D eigenvalue weighted by molar-refractivity contribution is 6.06. The van der Waals surface area contributed by atoms with E-state index in [0.717, 1.165) is 44.5 Å². The van der Waals surface area contributed by atoms with Crippen LogP contribution in [0.1, 0.15) is 72.6 Å². The van der Waals surface area contributed by atoms with Crippen molar-refractivity contribution in [2.75, 3.05) is 30.4 Å². The van der Waals surface area contributed by atoms with Crippen molar-refractivity contribution in [3.05, 3.63) is 53.6 Å². The number of ether oxygens (including phenoxy) is 1. The van der Waals surface area contributed by atoms with Gasteiger partial charge in [0.2, 0.25) is 0 Å². The zero-order valence-electron chi connectivity index (χ0n) is 19.7. The summed E-state index contributed by atoms with van der Waals surface area (Å²) in [6, 6.07) is 12.9. The molecule has 0 aromatic heterocycles. The normalized spacial score (nSPS) is 17.5. The third-order valence-corrected chi connectivity index (χ3v) is 6.92. The SMILES string of the molecule is COc1ccc(C(=O)Nc2ccc(N3CCC(C)CC3)c(C(=O)NC3CCCCC3)c2)cc1. The van der Waals surface area contributed by atoms with E-state index in [1.54, 1.807) is 31.4 Å². The second-order valence-electron chi connectivity index (χ2n) is 9.39. The van der Waals surface area contributed by atoms with Gasteiger partial charge in [-0.2, -0.15) is 0 Å². The summed E-state index contributed by atoms with van der Waals surface area (Å²) in [5.74, 6) is 1.16. The summed E-state index contributed by atoms with van der Waals surface area (Å²) >= 11 is 0. The Morgan fingerprint density at radius 1 is 0.909 bits per heavy atom. The summed E-state index contributed by atoms with van der Waals surface area (Å²) in [4.78, 5) is 28.4. The van der Waals surface area contributed by atoms with Crippen LogP contribution in [0.3, 0.4) is 0 Å². The van der Waals surface area contributed by atoms with Gasteiger partial charge in [-0.1, -0.05) is 26.2 Å². The van der Waals surface area contributed by atoms with E-state index in [2.05, 4.69) is 22.5 Å². The molecule has 2 aromatic rings. The van der Waals surface area contributed by atoms with E-state index >= 15 is 0 Å². The molecule has 1 saturated heterocycles. The molecule has 0 radical (unpaired) electrons. The van der Waals surface area contributed by atoms with Gasteiger partial charge in [-0.3, -0.25) is 9.59 Å². The lowest BCUT2D eigenvalue weighted by atomic mass is 9.95. The van der Waals surface area contributed by atoms with Crippen LogP contribution >= 0.6 is 0 Å². The third-order valence-electron chi connectivity index (χ3n) is 6.92. The van der Waals surface area contributed by atoms with E-state index in [1.165, 1.54) is 19.3 Å². The maximum Gasteiger partial charge on any atom is 0.255 e. The maximum atomic E-state index is 13.4. The van der Waals surface area contributed by atoms with E-state index in [9.17, 15) is 9.59 Å². The number of hydrogen-bond donors (Lipinski definition) is 2. The minimum atomic E-state index is -0.212. The first-order chi connectivity index (χ1) is 16.0. The predicted octanol–water partition coefficient (Wildman–Crippen LogP) is 5.25. The molecule has 4 rings (SSSR count). The van der Waals surface area contributed by atoms with E-state index in [1.807, 2.05) is 18.2 Å². The molecule has 1 aliphatic heterocycles. The number of nitrogens with one attached hydrogen (secondary N) is 2. The standard InChI is InChI=1S/C27H35N3O3/c1-19-14-16-30(17-15-19)25-13-10-22(29-26(31)20-8-11-23(33-2)12-9-20)18-24(25)27(32)28-21-6-4-3-5-7-21/h8-13,18-19,21H,3-7,14-17H2,1-2H3,(H,28,32)(H,29,31). The number of methoxy groups -OCH3 is 1. The largest absolute Gasteiger partial charge is 0.497 e. The molecule has 176 valence electrons. The van der Waals surface area contributed by atoms with Gasteiger partial charge in [0.15, 0.2) is 0 Å². The number of rotatable bonds is 6. The highest BCUT2D eigenvalue weighted by Gasteiger charge is 2.24. The summed E-state index contributed by atoms with van der Waals surface area (Å²) in [5.41, 5.74) is 2.76. The number of carbonyl (C=O) groups is 2. The lowest BCUT2D eigenvalue weighted by Gasteiger charge is -2.34. The fourth-order valence-electron chi connectivity index (χ4n) is 4.78. The summed E-state index contributed by atoms with van der Waals surface area (Å²) < 4.78 is 5.17. The number of benzene rings is 2. The minimum absolute atomic E-state index is 0.0453. The van der Waals surface area contributed by atoms with Crippen LogP contribution in [0.15, 0.2) is 42.5 Å². The first-order valence-corrected chi connectivity index (χ1v) is 12.2. The highest BCUT2D eigenvalue weighted by Crippen LogP contribution is 2.29. The van der Waals surface area contributed by atoms with Gasteiger partial charge in [0.1, 0.15) is 5.75 Å². The van der Waals surface area contributed by atoms with Crippen LogP contribution in [0, 0.1) is 5.92 Å². The molecule has 0 spiro atoms. The van der Waals surface area contributed by atoms with Crippen LogP contribution in [0.5, 0.6) is 5.75 Å². The Hall–Kier alpha value is -3.02. The lowest BCUT2D eigenvalue weighted by Crippen LogP contribution is -2.38. The molecule has 1 saturated carbocycles. The van der Waals surface area contributed by atoms with Crippen LogP contribution in [0.25, 0.3) is 0 Å². The van der Waals surface area contributed by atoms with Gasteiger partial charge >= 0.3 is 0 Å². The van der Waals surface area contributed by atoms with Crippen LogP contribution in [0.4, 0.5) is 11.4 Å². The Labute approximate surface area is 196 Å². The Bertz CT molecular complexity index is 959. The third kappa shape index (κ3) is 5.86. The monoisotopic (exact) mass is 449 g/mol. The summed E-state index contributed by atoms with van der Waals surface area (Å²) in [5, 5.41) is 6.21. The summed E-state index contributed by atoms with van der Waals surface area (Å²) in [7, 11) is 1.60. The highest BCUT2D eigenvalue weighted by atomic mass is 16.5. The molecule has 0 bridgehead atoms. The molecule has 2 aliphatic rings. The molecule has 2 aromatic carbocycles. The average molecular weight is 450 g/mol. The lowest BCUT2D eigenvalue weighted by molar-refractivity contribution is 0.0927. The van der Waals surface area contributed by atoms with Gasteiger partial charge in [0.05, 0.1) is 12.7 Å². The molecule has 6 heteroatoms. The molecule has 0 unspecified atom stereocenters. The van der Waals surface area contributed by atoms with Gasteiger partial charge in [-0.25, -0.2) is 0 Å². The van der Waals surface area contributed by atoms with Gasteiger partial charge in [0, 0.05) is 36.1 Å². The second-order valence-corrected chi connectivity index (χ2v) is 9.39. The van der Waals surface area contributed by atoms with Crippen molar-refractivity contribution in [2.24, 2.45) is 5.92 Å². The van der Waals surface area contributed by atoms with Crippen molar-refractivity contribution >= 4 is 23.2 Å². The maximum absolute atomic E-state index is 13.4. The minimum Gasteiger partial charge on any atom is -0.497 e. The zero-order valence-corrected chi connectivity index (χ0v) is 19.7. The molecule has 1 aliphatic carbocycles. The number of carbonyl (C=O) groups excluding carboxylic acids is 2. The van der Waals surface area contributed by atoms with Crippen molar-refractivity contribution in [1.82, 2.24) is 5.32 Å². The molecule has 2 fully saturated rings. The Morgan fingerprint density at radius 3 is 2.27 bits per heavy atom. The van der Waals surface area contributed by atoms with Crippen molar-refractivity contribution in [1.29, 1.82) is 0 Å². The van der Waals surface area contributed by atoms with Crippen molar-refractivity contribution in [3.63, 3.8) is 0 Å². The van der Waals surface area contributed by atoms with Crippen molar-refractivity contribution in [3.8, 4) is 5.75 Å². The van der Waals surface area contributed by atoms with Gasteiger partial charge < -0.3 is 20.3 Å². The first kappa shape index (κ1) is 23.1. The van der Waals surface area contributed by atoms with Crippen LogP contribution < -0.4 is 20.3 Å². The van der Waals surface area contributed by atoms with E-state index in [4.69, 9.17) is 4.74 Å². The fraction of sp³-hybridized carbons (Fsp3) is 0.481. The quantitative estimate of drug-likeness (QED) is 0.632. The van der Waals surface area contributed by atoms with Crippen LogP contribution in [-0.4, -0.2) is 38.1 Å². The number of piperidine rings is 1. The number of anilines is 2. The number of nitrogens with zero attached hydrogens (tertiary/aromatic N) is 1. The molecule has 1 heterocycles. The molecule has 2 amide bonds. The van der Waals surface area contributed by atoms with Crippen LogP contribution in [-0.2, 0) is 0 Å². The van der Waals surface area contributed by atoms with E-state index in [0.29, 0.717) is 28.5 Å². The average Bonchev–Trinajstić information content (AvgIpc) is 2.85. The zero-order chi connectivity index (χ0) is 23.2. The molecule has 6 nitrogen and oxygen atoms in total. The molecular weight excluding hydrogens is 414 g/mol. The van der Waals surface area contributed by atoms with Gasteiger partial charge in [0.25, 0.3) is 11.8 Å². The summed E-state index contributed by atoms with van der Waals surface area (Å²) in [6.45, 7) is 4.18. The predicted molar refractivity (Wildman–Crippen MR) is 132 cm³/mol. The van der Waals surface area contributed by atoms with Crippen molar-refractivity contribution < 1.29 is 14.3 Å². The molecule has 33 heavy (non-hydrogen) atoms. The fourth-order valence-corrected chi connectivity index (χ4v) is 4.78. The summed E-state index contributed by atoms with van der Waals surface area (Å²) in [6.07, 6.45) is 7.90. The van der Waals surface area contributed by atoms with E-state index in [-0.39, 0.29) is 17.9 Å². The van der Waals surface area contributed by atoms with Crippen LogP contribution in [0.2, 0.25) is 0 Å². The molecule has 2 N–H and O–H groups in total. The Morgan fingerprint density at radius 2 is 1.61 bits per heavy atom. The number of hydrogen-bond acceptors (Lipinski definition) is 4. The van der Waals surface area contributed by atoms with Gasteiger partial charge in [-0.05, 0) is 74.1 Å².